The summed E-state index contributed by atoms with van der Waals surface area (Å²) in [5.74, 6) is 0.427. The van der Waals surface area contributed by atoms with Crippen molar-refractivity contribution in [3.05, 3.63) is 41.7 Å². The summed E-state index contributed by atoms with van der Waals surface area (Å²) in [5.41, 5.74) is 0.118. The largest absolute Gasteiger partial charge is 0.497 e. The van der Waals surface area contributed by atoms with Crippen molar-refractivity contribution in [3.63, 3.8) is 0 Å². The summed E-state index contributed by atoms with van der Waals surface area (Å²) in [5, 5.41) is 21.0. The number of carbonyl (C=O) groups excluding carboxylic acids is 2. The van der Waals surface area contributed by atoms with Gasteiger partial charge in [0.1, 0.15) is 5.75 Å². The number of rotatable bonds is 6. The molecule has 0 radical (unpaired) electrons. The quantitative estimate of drug-likeness (QED) is 0.735. The van der Waals surface area contributed by atoms with E-state index in [2.05, 4.69) is 15.6 Å². The van der Waals surface area contributed by atoms with Gasteiger partial charge in [-0.25, -0.2) is 4.68 Å². The van der Waals surface area contributed by atoms with Gasteiger partial charge in [0.05, 0.1) is 31.9 Å². The smallest absolute Gasteiger partial charge is 0.273 e. The fraction of sp³-hybridized carbons (Fsp3) is 0.474. The molecule has 0 bridgehead atoms. The average molecular weight is 387 g/mol. The first-order valence-electron chi connectivity index (χ1n) is 9.18. The number of nitrogens with one attached hydrogen (secondary N) is 1. The van der Waals surface area contributed by atoms with Crippen LogP contribution in [0.4, 0.5) is 0 Å². The van der Waals surface area contributed by atoms with Crippen molar-refractivity contribution >= 4 is 11.8 Å². The number of carbonyl (C=O) groups is 2. The lowest BCUT2D eigenvalue weighted by Gasteiger charge is -2.38. The molecule has 0 atom stereocenters. The lowest BCUT2D eigenvalue weighted by Crippen LogP contribution is -2.49. The zero-order valence-corrected chi connectivity index (χ0v) is 16.1. The van der Waals surface area contributed by atoms with Crippen LogP contribution in [0.2, 0.25) is 0 Å². The molecule has 1 aromatic carbocycles. The highest BCUT2D eigenvalue weighted by molar-refractivity contribution is 5.91. The number of piperidine rings is 1. The third kappa shape index (κ3) is 4.66. The number of nitrogens with zero attached hydrogens (tertiary/aromatic N) is 4. The molecule has 0 aliphatic carbocycles. The van der Waals surface area contributed by atoms with Gasteiger partial charge in [-0.2, -0.15) is 0 Å². The van der Waals surface area contributed by atoms with E-state index in [0.717, 1.165) is 11.3 Å². The van der Waals surface area contributed by atoms with Crippen LogP contribution in [-0.4, -0.2) is 69.7 Å². The minimum absolute atomic E-state index is 0.0259. The van der Waals surface area contributed by atoms with E-state index >= 15 is 0 Å². The van der Waals surface area contributed by atoms with Crippen molar-refractivity contribution in [2.75, 3.05) is 27.2 Å². The van der Waals surface area contributed by atoms with E-state index in [9.17, 15) is 14.7 Å². The van der Waals surface area contributed by atoms with E-state index < -0.39 is 5.60 Å². The molecule has 0 saturated carbocycles. The van der Waals surface area contributed by atoms with Gasteiger partial charge in [-0.1, -0.05) is 17.3 Å². The second-order valence-electron chi connectivity index (χ2n) is 7.01. The van der Waals surface area contributed by atoms with Gasteiger partial charge in [-0.15, -0.1) is 5.10 Å². The van der Waals surface area contributed by atoms with Crippen LogP contribution in [0.15, 0.2) is 30.5 Å². The predicted molar refractivity (Wildman–Crippen MR) is 101 cm³/mol. The highest BCUT2D eigenvalue weighted by Crippen LogP contribution is 2.25. The lowest BCUT2D eigenvalue weighted by atomic mass is 9.91. The standard InChI is InChI=1S/C19H25N5O4/c1-20-18(26)16-12-24(22-21-16)13-19(27)6-8-23(9-7-19)17(25)11-14-4-3-5-15(10-14)28-2/h3-5,10,12,27H,6-9,11,13H2,1-2H3,(H,20,26). The number of ether oxygens (including phenoxy) is 1. The highest BCUT2D eigenvalue weighted by atomic mass is 16.5. The highest BCUT2D eigenvalue weighted by Gasteiger charge is 2.34. The monoisotopic (exact) mass is 387 g/mol. The minimum Gasteiger partial charge on any atom is -0.497 e. The number of amides is 2. The first-order valence-corrected chi connectivity index (χ1v) is 9.18. The molecule has 1 aromatic heterocycles. The van der Waals surface area contributed by atoms with Crippen molar-refractivity contribution in [1.29, 1.82) is 0 Å². The molecule has 2 heterocycles. The van der Waals surface area contributed by atoms with E-state index in [4.69, 9.17) is 4.74 Å². The van der Waals surface area contributed by atoms with Gasteiger partial charge in [0.2, 0.25) is 5.91 Å². The summed E-state index contributed by atoms with van der Waals surface area (Å²) in [6, 6.07) is 7.46. The van der Waals surface area contributed by atoms with E-state index in [1.807, 2.05) is 24.3 Å². The molecule has 2 aromatic rings. The molecule has 150 valence electrons. The molecule has 0 unspecified atom stereocenters. The second-order valence-corrected chi connectivity index (χ2v) is 7.01. The second kappa shape index (κ2) is 8.39. The zero-order chi connectivity index (χ0) is 20.1. The number of hydrogen-bond donors (Lipinski definition) is 2. The van der Waals surface area contributed by atoms with E-state index in [1.165, 1.54) is 17.9 Å². The number of methoxy groups -OCH3 is 1. The van der Waals surface area contributed by atoms with E-state index in [1.54, 1.807) is 12.0 Å². The third-order valence-corrected chi connectivity index (χ3v) is 4.99. The average Bonchev–Trinajstić information content (AvgIpc) is 3.15. The molecule has 9 nitrogen and oxygen atoms in total. The topological polar surface area (TPSA) is 110 Å². The van der Waals surface area contributed by atoms with Crippen LogP contribution in [0.1, 0.15) is 28.9 Å². The minimum atomic E-state index is -0.986. The summed E-state index contributed by atoms with van der Waals surface area (Å²) in [6.07, 6.45) is 2.68. The Kier molecular flexibility index (Phi) is 5.93. The Labute approximate surface area is 163 Å². The number of hydrogen-bond acceptors (Lipinski definition) is 6. The van der Waals surface area contributed by atoms with Gasteiger partial charge in [0, 0.05) is 20.1 Å². The summed E-state index contributed by atoms with van der Waals surface area (Å²) in [6.45, 7) is 1.17. The Morgan fingerprint density at radius 3 is 2.75 bits per heavy atom. The summed E-state index contributed by atoms with van der Waals surface area (Å²) in [4.78, 5) is 25.9. The van der Waals surface area contributed by atoms with Crippen LogP contribution < -0.4 is 10.1 Å². The number of aliphatic hydroxyl groups is 1. The van der Waals surface area contributed by atoms with Crippen molar-refractivity contribution in [3.8, 4) is 5.75 Å². The molecule has 2 N–H and O–H groups in total. The number of likely N-dealkylation sites (tertiary alicyclic amines) is 1. The van der Waals surface area contributed by atoms with Gasteiger partial charge < -0.3 is 20.1 Å². The number of aromatic nitrogens is 3. The Bertz CT molecular complexity index is 842. The fourth-order valence-electron chi connectivity index (χ4n) is 3.31. The fourth-order valence-corrected chi connectivity index (χ4v) is 3.31. The molecule has 1 aliphatic heterocycles. The molecule has 0 spiro atoms. The molecule has 2 amide bonds. The normalized spacial score (nSPS) is 15.9. The third-order valence-electron chi connectivity index (χ3n) is 4.99. The van der Waals surface area contributed by atoms with Crippen LogP contribution in [0.25, 0.3) is 0 Å². The first kappa shape index (κ1) is 19.8. The zero-order valence-electron chi connectivity index (χ0n) is 16.1. The Balaban J connectivity index is 1.54. The Hall–Kier alpha value is -2.94. The van der Waals surface area contributed by atoms with Crippen LogP contribution >= 0.6 is 0 Å². The van der Waals surface area contributed by atoms with E-state index in [0.29, 0.717) is 32.4 Å². The predicted octanol–water partition coefficient (Wildman–Crippen LogP) is 0.243. The maximum absolute atomic E-state index is 12.6. The molecule has 1 fully saturated rings. The van der Waals surface area contributed by atoms with Crippen molar-refractivity contribution in [2.45, 2.75) is 31.4 Å². The van der Waals surface area contributed by atoms with Crippen LogP contribution in [0.5, 0.6) is 5.75 Å². The molecule has 1 aliphatic rings. The van der Waals surface area contributed by atoms with Crippen LogP contribution in [0.3, 0.4) is 0 Å². The molecular formula is C19H25N5O4. The van der Waals surface area contributed by atoms with Crippen LogP contribution in [0, 0.1) is 0 Å². The van der Waals surface area contributed by atoms with Crippen molar-refractivity contribution in [2.24, 2.45) is 0 Å². The maximum Gasteiger partial charge on any atom is 0.273 e. The van der Waals surface area contributed by atoms with Crippen LogP contribution in [-0.2, 0) is 17.8 Å². The molecular weight excluding hydrogens is 362 g/mol. The Morgan fingerprint density at radius 1 is 1.32 bits per heavy atom. The molecule has 1 saturated heterocycles. The van der Waals surface area contributed by atoms with Gasteiger partial charge >= 0.3 is 0 Å². The number of benzene rings is 1. The summed E-state index contributed by atoms with van der Waals surface area (Å²) >= 11 is 0. The first-order chi connectivity index (χ1) is 13.4. The van der Waals surface area contributed by atoms with Crippen molar-refractivity contribution in [1.82, 2.24) is 25.2 Å². The maximum atomic E-state index is 12.6. The van der Waals surface area contributed by atoms with Gasteiger partial charge in [0.15, 0.2) is 5.69 Å². The SMILES string of the molecule is CNC(=O)c1cn(CC2(O)CCN(C(=O)Cc3cccc(OC)c3)CC2)nn1. The van der Waals surface area contributed by atoms with Crippen molar-refractivity contribution < 1.29 is 19.4 Å². The van der Waals surface area contributed by atoms with E-state index in [-0.39, 0.29) is 24.1 Å². The molecule has 28 heavy (non-hydrogen) atoms. The molecule has 3 rings (SSSR count). The molecule has 9 heteroatoms. The van der Waals surface area contributed by atoms with Gasteiger partial charge in [-0.05, 0) is 30.5 Å². The summed E-state index contributed by atoms with van der Waals surface area (Å²) in [7, 11) is 3.12. The summed E-state index contributed by atoms with van der Waals surface area (Å²) < 4.78 is 6.66. The lowest BCUT2D eigenvalue weighted by molar-refractivity contribution is -0.135. The Morgan fingerprint density at radius 2 is 2.07 bits per heavy atom. The van der Waals surface area contributed by atoms with Gasteiger partial charge in [-0.3, -0.25) is 9.59 Å². The van der Waals surface area contributed by atoms with Gasteiger partial charge in [0.25, 0.3) is 5.91 Å².